The Bertz CT molecular complexity index is 547. The maximum Gasteiger partial charge on any atom is 0.127 e. The Morgan fingerprint density at radius 3 is 2.44 bits per heavy atom. The largest absolute Gasteiger partial charge is 0.507 e. The zero-order chi connectivity index (χ0) is 12.4. The maximum absolute atomic E-state index is 9.90. The van der Waals surface area contributed by atoms with Gasteiger partial charge >= 0.3 is 0 Å². The molecule has 1 heterocycles. The summed E-state index contributed by atoms with van der Waals surface area (Å²) in [5.41, 5.74) is 1.68. The third kappa shape index (κ3) is 2.31. The Hall–Kier alpha value is -2.00. The van der Waals surface area contributed by atoms with Crippen LogP contribution in [0.2, 0.25) is 0 Å². The van der Waals surface area contributed by atoms with Gasteiger partial charge in [0.25, 0.3) is 0 Å². The fraction of sp³-hybridized carbons (Fsp3) is 0.200. The smallest absolute Gasteiger partial charge is 0.127 e. The molecule has 0 bridgehead atoms. The Morgan fingerprint density at radius 2 is 1.72 bits per heavy atom. The molecule has 92 valence electrons. The van der Waals surface area contributed by atoms with Gasteiger partial charge in [0, 0.05) is 11.1 Å². The number of phenolic OH excluding ortho intramolecular Hbond substituents is 1. The van der Waals surface area contributed by atoms with Crippen molar-refractivity contribution in [2.75, 3.05) is 13.2 Å². The number of hydrogen-bond donors (Lipinski definition) is 1. The van der Waals surface area contributed by atoms with Crippen molar-refractivity contribution in [2.24, 2.45) is 0 Å². The van der Waals surface area contributed by atoms with Gasteiger partial charge in [-0.25, -0.2) is 0 Å². The van der Waals surface area contributed by atoms with Crippen molar-refractivity contribution in [1.82, 2.24) is 0 Å². The van der Waals surface area contributed by atoms with Crippen LogP contribution in [0.3, 0.4) is 0 Å². The molecule has 0 amide bonds. The summed E-state index contributed by atoms with van der Waals surface area (Å²) in [6.07, 6.45) is 0.224. The van der Waals surface area contributed by atoms with Crippen LogP contribution < -0.4 is 4.74 Å². The van der Waals surface area contributed by atoms with Crippen LogP contribution in [0.1, 0.15) is 0 Å². The summed E-state index contributed by atoms with van der Waals surface area (Å²) in [4.78, 5) is 0. The molecule has 1 unspecified atom stereocenters. The quantitative estimate of drug-likeness (QED) is 0.838. The van der Waals surface area contributed by atoms with Gasteiger partial charge in [0.1, 0.15) is 24.2 Å². The molecule has 3 heteroatoms. The summed E-state index contributed by atoms with van der Waals surface area (Å²) in [6.45, 7) is 1.34. The molecule has 0 radical (unpaired) electrons. The summed E-state index contributed by atoms with van der Waals surface area (Å²) in [5.74, 6) is 1.03. The molecule has 1 fully saturated rings. The van der Waals surface area contributed by atoms with E-state index >= 15 is 0 Å². The first kappa shape index (κ1) is 11.1. The van der Waals surface area contributed by atoms with E-state index in [1.54, 1.807) is 12.1 Å². The van der Waals surface area contributed by atoms with Gasteiger partial charge in [0.2, 0.25) is 0 Å². The predicted molar refractivity (Wildman–Crippen MR) is 68.8 cm³/mol. The van der Waals surface area contributed by atoms with Crippen LogP contribution in [-0.2, 0) is 4.74 Å². The van der Waals surface area contributed by atoms with E-state index in [4.69, 9.17) is 9.47 Å². The van der Waals surface area contributed by atoms with Crippen LogP contribution in [0, 0.1) is 0 Å². The van der Waals surface area contributed by atoms with Gasteiger partial charge in [-0.05, 0) is 12.1 Å². The lowest BCUT2D eigenvalue weighted by Gasteiger charge is -2.11. The summed E-state index contributed by atoms with van der Waals surface area (Å²) in [5, 5.41) is 9.90. The molecule has 1 N–H and O–H groups in total. The van der Waals surface area contributed by atoms with Gasteiger partial charge < -0.3 is 14.6 Å². The SMILES string of the molecule is Oc1ccccc1-c1ccccc1OCC1CO1. The minimum absolute atomic E-state index is 0.224. The second-order valence-electron chi connectivity index (χ2n) is 4.28. The van der Waals surface area contributed by atoms with Gasteiger partial charge in [0.15, 0.2) is 0 Å². The summed E-state index contributed by atoms with van der Waals surface area (Å²) >= 11 is 0. The number of epoxide rings is 1. The third-order valence-corrected chi connectivity index (χ3v) is 2.91. The van der Waals surface area contributed by atoms with E-state index in [1.165, 1.54) is 0 Å². The first-order chi connectivity index (χ1) is 8.84. The van der Waals surface area contributed by atoms with E-state index in [0.29, 0.717) is 6.61 Å². The lowest BCUT2D eigenvalue weighted by Crippen LogP contribution is -2.04. The fourth-order valence-corrected chi connectivity index (χ4v) is 1.86. The van der Waals surface area contributed by atoms with E-state index in [1.807, 2.05) is 36.4 Å². The van der Waals surface area contributed by atoms with Gasteiger partial charge in [-0.15, -0.1) is 0 Å². The highest BCUT2D eigenvalue weighted by molar-refractivity contribution is 5.75. The molecular formula is C15H14O3. The molecule has 1 aliphatic heterocycles. The van der Waals surface area contributed by atoms with Crippen LogP contribution in [0.15, 0.2) is 48.5 Å². The van der Waals surface area contributed by atoms with Gasteiger partial charge in [0.05, 0.1) is 6.61 Å². The van der Waals surface area contributed by atoms with Crippen LogP contribution in [0.5, 0.6) is 11.5 Å². The maximum atomic E-state index is 9.90. The summed E-state index contributed by atoms with van der Waals surface area (Å²) in [6, 6.07) is 15.0. The lowest BCUT2D eigenvalue weighted by molar-refractivity contribution is 0.264. The fourth-order valence-electron chi connectivity index (χ4n) is 1.86. The standard InChI is InChI=1S/C15H14O3/c16-14-7-3-1-5-12(14)13-6-2-4-8-15(13)18-10-11-9-17-11/h1-8,11,16H,9-10H2. The molecular weight excluding hydrogens is 228 g/mol. The van der Waals surface area contributed by atoms with Crippen molar-refractivity contribution in [3.8, 4) is 22.6 Å². The molecule has 0 aromatic heterocycles. The van der Waals surface area contributed by atoms with Crippen molar-refractivity contribution < 1.29 is 14.6 Å². The average molecular weight is 242 g/mol. The molecule has 0 spiro atoms. The Morgan fingerprint density at radius 1 is 1.06 bits per heavy atom. The first-order valence-electron chi connectivity index (χ1n) is 5.96. The molecule has 18 heavy (non-hydrogen) atoms. The molecule has 3 nitrogen and oxygen atoms in total. The number of hydrogen-bond acceptors (Lipinski definition) is 3. The van der Waals surface area contributed by atoms with Crippen molar-refractivity contribution in [2.45, 2.75) is 6.10 Å². The van der Waals surface area contributed by atoms with Gasteiger partial charge in [-0.2, -0.15) is 0 Å². The van der Waals surface area contributed by atoms with Crippen molar-refractivity contribution >= 4 is 0 Å². The number of benzene rings is 2. The minimum atomic E-state index is 0.224. The molecule has 1 aliphatic rings. The molecule has 0 saturated carbocycles. The number of aromatic hydroxyl groups is 1. The highest BCUT2D eigenvalue weighted by Crippen LogP contribution is 2.35. The highest BCUT2D eigenvalue weighted by atomic mass is 16.6. The molecule has 2 aromatic rings. The van der Waals surface area contributed by atoms with Crippen LogP contribution in [0.4, 0.5) is 0 Å². The highest BCUT2D eigenvalue weighted by Gasteiger charge is 2.23. The predicted octanol–water partition coefficient (Wildman–Crippen LogP) is 2.84. The number of para-hydroxylation sites is 2. The third-order valence-electron chi connectivity index (χ3n) is 2.91. The topological polar surface area (TPSA) is 42.0 Å². The minimum Gasteiger partial charge on any atom is -0.507 e. The first-order valence-corrected chi connectivity index (χ1v) is 5.96. The van der Waals surface area contributed by atoms with E-state index in [2.05, 4.69) is 0 Å². The van der Waals surface area contributed by atoms with Crippen molar-refractivity contribution in [1.29, 1.82) is 0 Å². The van der Waals surface area contributed by atoms with E-state index < -0.39 is 0 Å². The van der Waals surface area contributed by atoms with E-state index in [-0.39, 0.29) is 11.9 Å². The summed E-state index contributed by atoms with van der Waals surface area (Å²) < 4.78 is 10.9. The van der Waals surface area contributed by atoms with Crippen molar-refractivity contribution in [3.05, 3.63) is 48.5 Å². The molecule has 1 saturated heterocycles. The number of rotatable bonds is 4. The Kier molecular flexibility index (Phi) is 2.90. The molecule has 0 aliphatic carbocycles. The van der Waals surface area contributed by atoms with Gasteiger partial charge in [-0.3, -0.25) is 0 Å². The van der Waals surface area contributed by atoms with E-state index in [0.717, 1.165) is 23.5 Å². The monoisotopic (exact) mass is 242 g/mol. The zero-order valence-electron chi connectivity index (χ0n) is 9.87. The average Bonchev–Trinajstić information content (AvgIpc) is 3.22. The lowest BCUT2D eigenvalue weighted by atomic mass is 10.0. The Labute approximate surface area is 106 Å². The van der Waals surface area contributed by atoms with Crippen LogP contribution in [0.25, 0.3) is 11.1 Å². The van der Waals surface area contributed by atoms with Crippen LogP contribution in [-0.4, -0.2) is 24.4 Å². The summed E-state index contributed by atoms with van der Waals surface area (Å²) in [7, 11) is 0. The molecule has 3 rings (SSSR count). The zero-order valence-corrected chi connectivity index (χ0v) is 9.87. The second-order valence-corrected chi connectivity index (χ2v) is 4.28. The van der Waals surface area contributed by atoms with Crippen molar-refractivity contribution in [3.63, 3.8) is 0 Å². The number of ether oxygens (including phenoxy) is 2. The molecule has 2 aromatic carbocycles. The second kappa shape index (κ2) is 4.70. The van der Waals surface area contributed by atoms with Crippen LogP contribution >= 0.6 is 0 Å². The Balaban J connectivity index is 1.92. The van der Waals surface area contributed by atoms with Gasteiger partial charge in [-0.1, -0.05) is 36.4 Å². The number of phenols is 1. The normalized spacial score (nSPS) is 17.4. The van der Waals surface area contributed by atoms with E-state index in [9.17, 15) is 5.11 Å². The molecule has 1 atom stereocenters.